The first-order valence-corrected chi connectivity index (χ1v) is 7.91. The Labute approximate surface area is 140 Å². The van der Waals surface area contributed by atoms with Gasteiger partial charge in [0.15, 0.2) is 12.4 Å². The van der Waals surface area contributed by atoms with Gasteiger partial charge in [0, 0.05) is 24.8 Å². The van der Waals surface area contributed by atoms with Crippen molar-refractivity contribution < 1.29 is 19.1 Å². The number of hydrogen-bond acceptors (Lipinski definition) is 5. The van der Waals surface area contributed by atoms with Gasteiger partial charge >= 0.3 is 6.09 Å². The second kappa shape index (κ2) is 6.14. The Morgan fingerprint density at radius 1 is 1.38 bits per heavy atom. The van der Waals surface area contributed by atoms with Crippen LogP contribution in [0.1, 0.15) is 32.8 Å². The molecule has 0 radical (unpaired) electrons. The average molecular weight is 331 g/mol. The zero-order chi connectivity index (χ0) is 17.3. The molecule has 7 nitrogen and oxygen atoms in total. The number of anilines is 1. The molecule has 0 spiro atoms. The number of ether oxygens (including phenoxy) is 2. The molecule has 3 heterocycles. The fourth-order valence-corrected chi connectivity index (χ4v) is 2.65. The summed E-state index contributed by atoms with van der Waals surface area (Å²) in [6, 6.07) is 0. The van der Waals surface area contributed by atoms with Crippen molar-refractivity contribution in [2.24, 2.45) is 0 Å². The molecule has 1 aromatic rings. The van der Waals surface area contributed by atoms with Gasteiger partial charge in [-0.2, -0.15) is 0 Å². The lowest BCUT2D eigenvalue weighted by atomic mass is 9.99. The van der Waals surface area contributed by atoms with Crippen LogP contribution in [-0.4, -0.2) is 47.2 Å². The molecule has 0 unspecified atom stereocenters. The standard InChI is InChI=1S/C17H21N3O4/c1-17(2,3)24-16(22)20-6-4-11(5-7-20)12-8-18-9-13-15(12)23-10-14(21)19-13/h4,8-9H,5-7,10H2,1-3H3,(H,19,21). The van der Waals surface area contributed by atoms with E-state index in [1.807, 2.05) is 26.8 Å². The summed E-state index contributed by atoms with van der Waals surface area (Å²) < 4.78 is 11.0. The minimum atomic E-state index is -0.504. The van der Waals surface area contributed by atoms with Crippen molar-refractivity contribution in [3.8, 4) is 5.75 Å². The molecule has 0 saturated carbocycles. The van der Waals surface area contributed by atoms with Crippen molar-refractivity contribution in [3.05, 3.63) is 24.0 Å². The summed E-state index contributed by atoms with van der Waals surface area (Å²) in [6.07, 6.45) is 5.64. The molecule has 1 N–H and O–H groups in total. The Morgan fingerprint density at radius 3 is 2.83 bits per heavy atom. The summed E-state index contributed by atoms with van der Waals surface area (Å²) in [5, 5.41) is 2.75. The van der Waals surface area contributed by atoms with Crippen molar-refractivity contribution in [1.82, 2.24) is 9.88 Å². The molecule has 24 heavy (non-hydrogen) atoms. The SMILES string of the molecule is CC(C)(C)OC(=O)N1CC=C(c2cncc3c2OCC(=O)N3)CC1. The number of pyridine rings is 1. The van der Waals surface area contributed by atoms with Crippen LogP contribution in [0.4, 0.5) is 10.5 Å². The van der Waals surface area contributed by atoms with E-state index in [0.29, 0.717) is 30.9 Å². The molecule has 0 saturated heterocycles. The lowest BCUT2D eigenvalue weighted by molar-refractivity contribution is -0.118. The molecule has 0 fully saturated rings. The first kappa shape index (κ1) is 16.3. The summed E-state index contributed by atoms with van der Waals surface area (Å²) >= 11 is 0. The van der Waals surface area contributed by atoms with Gasteiger partial charge in [0.05, 0.1) is 6.20 Å². The summed E-state index contributed by atoms with van der Waals surface area (Å²) in [5.74, 6) is 0.455. The zero-order valence-electron chi connectivity index (χ0n) is 14.1. The van der Waals surface area contributed by atoms with E-state index in [0.717, 1.165) is 11.1 Å². The van der Waals surface area contributed by atoms with E-state index >= 15 is 0 Å². The maximum atomic E-state index is 12.1. The van der Waals surface area contributed by atoms with Gasteiger partial charge in [-0.25, -0.2) is 4.79 Å². The van der Waals surface area contributed by atoms with Gasteiger partial charge in [-0.3, -0.25) is 9.78 Å². The van der Waals surface area contributed by atoms with E-state index in [-0.39, 0.29) is 18.6 Å². The third kappa shape index (κ3) is 3.50. The van der Waals surface area contributed by atoms with Crippen LogP contribution in [0.25, 0.3) is 5.57 Å². The fourth-order valence-electron chi connectivity index (χ4n) is 2.65. The van der Waals surface area contributed by atoms with Gasteiger partial charge in [0.2, 0.25) is 0 Å². The van der Waals surface area contributed by atoms with Crippen LogP contribution >= 0.6 is 0 Å². The highest BCUT2D eigenvalue weighted by Crippen LogP contribution is 2.37. The second-order valence-corrected chi connectivity index (χ2v) is 6.81. The third-order valence-electron chi connectivity index (χ3n) is 3.72. The largest absolute Gasteiger partial charge is 0.481 e. The molecule has 0 bridgehead atoms. The normalized spacial score (nSPS) is 17.4. The first-order chi connectivity index (χ1) is 11.3. The number of carbonyl (C=O) groups is 2. The topological polar surface area (TPSA) is 80.8 Å². The quantitative estimate of drug-likeness (QED) is 0.855. The number of aromatic nitrogens is 1. The fraction of sp³-hybridized carbons (Fsp3) is 0.471. The van der Waals surface area contributed by atoms with E-state index < -0.39 is 5.60 Å². The maximum Gasteiger partial charge on any atom is 0.410 e. The molecular weight excluding hydrogens is 310 g/mol. The number of hydrogen-bond donors (Lipinski definition) is 1. The van der Waals surface area contributed by atoms with Crippen LogP contribution in [0.5, 0.6) is 5.75 Å². The van der Waals surface area contributed by atoms with Crippen molar-refractivity contribution in [2.75, 3.05) is 25.0 Å². The first-order valence-electron chi connectivity index (χ1n) is 7.91. The molecule has 0 aliphatic carbocycles. The predicted molar refractivity (Wildman–Crippen MR) is 88.8 cm³/mol. The Kier molecular flexibility index (Phi) is 4.17. The predicted octanol–water partition coefficient (Wildman–Crippen LogP) is 2.44. The third-order valence-corrected chi connectivity index (χ3v) is 3.72. The number of carbonyl (C=O) groups excluding carboxylic acids is 2. The highest BCUT2D eigenvalue weighted by Gasteiger charge is 2.26. The molecule has 7 heteroatoms. The number of rotatable bonds is 1. The molecule has 2 aliphatic heterocycles. The molecule has 2 amide bonds. The molecule has 0 atom stereocenters. The van der Waals surface area contributed by atoms with Gasteiger partial charge in [-0.1, -0.05) is 6.08 Å². The van der Waals surface area contributed by atoms with Crippen LogP contribution in [0.3, 0.4) is 0 Å². The van der Waals surface area contributed by atoms with Gasteiger partial charge < -0.3 is 19.7 Å². The number of amides is 2. The molecule has 3 rings (SSSR count). The monoisotopic (exact) mass is 331 g/mol. The maximum absolute atomic E-state index is 12.1. The van der Waals surface area contributed by atoms with Gasteiger partial charge in [0.1, 0.15) is 11.3 Å². The lowest BCUT2D eigenvalue weighted by Gasteiger charge is -2.30. The minimum absolute atomic E-state index is 0.00132. The van der Waals surface area contributed by atoms with Gasteiger partial charge in [0.25, 0.3) is 5.91 Å². The van der Waals surface area contributed by atoms with Crippen molar-refractivity contribution >= 4 is 23.3 Å². The Morgan fingerprint density at radius 2 is 2.17 bits per heavy atom. The summed E-state index contributed by atoms with van der Waals surface area (Å²) in [4.78, 5) is 29.4. The Balaban J connectivity index is 1.75. The molecule has 1 aromatic heterocycles. The van der Waals surface area contributed by atoms with E-state index in [2.05, 4.69) is 10.3 Å². The number of nitrogens with one attached hydrogen (secondary N) is 1. The summed E-state index contributed by atoms with van der Waals surface area (Å²) in [5.41, 5.74) is 1.99. The molecule has 0 aromatic carbocycles. The van der Waals surface area contributed by atoms with Gasteiger partial charge in [-0.05, 0) is 32.8 Å². The summed E-state index contributed by atoms with van der Waals surface area (Å²) in [7, 11) is 0. The van der Waals surface area contributed by atoms with E-state index in [9.17, 15) is 9.59 Å². The second-order valence-electron chi connectivity index (χ2n) is 6.81. The van der Waals surface area contributed by atoms with Crippen LogP contribution < -0.4 is 10.1 Å². The minimum Gasteiger partial charge on any atom is -0.481 e. The van der Waals surface area contributed by atoms with Crippen molar-refractivity contribution in [1.29, 1.82) is 0 Å². The smallest absolute Gasteiger partial charge is 0.410 e. The van der Waals surface area contributed by atoms with Crippen LogP contribution in [0, 0.1) is 0 Å². The van der Waals surface area contributed by atoms with Crippen LogP contribution in [-0.2, 0) is 9.53 Å². The van der Waals surface area contributed by atoms with E-state index in [1.165, 1.54) is 0 Å². The van der Waals surface area contributed by atoms with Gasteiger partial charge in [-0.15, -0.1) is 0 Å². The Hall–Kier alpha value is -2.57. The van der Waals surface area contributed by atoms with Crippen molar-refractivity contribution in [3.63, 3.8) is 0 Å². The van der Waals surface area contributed by atoms with Crippen LogP contribution in [0.15, 0.2) is 18.5 Å². The number of nitrogens with zero attached hydrogens (tertiary/aromatic N) is 2. The highest BCUT2D eigenvalue weighted by molar-refractivity contribution is 5.96. The van der Waals surface area contributed by atoms with E-state index in [4.69, 9.17) is 9.47 Å². The van der Waals surface area contributed by atoms with Crippen LogP contribution in [0.2, 0.25) is 0 Å². The van der Waals surface area contributed by atoms with Crippen molar-refractivity contribution in [2.45, 2.75) is 32.8 Å². The van der Waals surface area contributed by atoms with E-state index in [1.54, 1.807) is 17.3 Å². The number of fused-ring (bicyclic) bond motifs is 1. The molecule has 2 aliphatic rings. The Bertz CT molecular complexity index is 706. The molecule has 128 valence electrons. The average Bonchev–Trinajstić information content (AvgIpc) is 2.52. The summed E-state index contributed by atoms with van der Waals surface area (Å²) in [6.45, 7) is 6.59. The molecular formula is C17H21N3O4. The zero-order valence-corrected chi connectivity index (χ0v) is 14.1. The highest BCUT2D eigenvalue weighted by atomic mass is 16.6. The lowest BCUT2D eigenvalue weighted by Crippen LogP contribution is -2.39.